The molecule has 3 heterocycles. The van der Waals surface area contributed by atoms with E-state index >= 15 is 0 Å². The van der Waals surface area contributed by atoms with Crippen molar-refractivity contribution in [3.05, 3.63) is 21.7 Å². The molecule has 1 unspecified atom stereocenters. The molecule has 2 aliphatic heterocycles. The summed E-state index contributed by atoms with van der Waals surface area (Å²) in [6.07, 6.45) is 1.77. The van der Waals surface area contributed by atoms with E-state index in [-0.39, 0.29) is 28.9 Å². The fraction of sp³-hybridized carbons (Fsp3) is 0.667. The molecule has 3 rings (SSSR count). The van der Waals surface area contributed by atoms with E-state index < -0.39 is 26.6 Å². The second-order valence-electron chi connectivity index (χ2n) is 6.59. The van der Waals surface area contributed by atoms with Gasteiger partial charge >= 0.3 is 0 Å². The van der Waals surface area contributed by atoms with Crippen LogP contribution in [0.25, 0.3) is 0 Å². The topological polar surface area (TPSA) is 130 Å². The fourth-order valence-electron chi connectivity index (χ4n) is 3.24. The molecule has 0 bridgehead atoms. The molecule has 2 amide bonds. The monoisotopic (exact) mass is 371 g/mol. The van der Waals surface area contributed by atoms with Gasteiger partial charge in [-0.1, -0.05) is 0 Å². The predicted molar refractivity (Wildman–Crippen MR) is 87.9 cm³/mol. The largest absolute Gasteiger partial charge is 0.383 e. The lowest BCUT2D eigenvalue weighted by Crippen LogP contribution is -2.52. The Hall–Kier alpha value is -2.10. The Morgan fingerprint density at radius 2 is 1.96 bits per heavy atom. The number of amides is 2. The maximum Gasteiger partial charge on any atom is 0.293 e. The van der Waals surface area contributed by atoms with Crippen molar-refractivity contribution in [2.24, 2.45) is 5.92 Å². The first-order valence-electron chi connectivity index (χ1n) is 8.26. The third kappa shape index (κ3) is 3.48. The summed E-state index contributed by atoms with van der Waals surface area (Å²) in [5, 5.41) is 3.98. The molecule has 25 heavy (non-hydrogen) atoms. The number of H-pyrrole nitrogens is 1. The van der Waals surface area contributed by atoms with E-state index in [1.807, 2.05) is 0 Å². The third-order valence-corrected chi connectivity index (χ3v) is 7.06. The molecule has 1 aromatic rings. The summed E-state index contributed by atoms with van der Waals surface area (Å²) >= 11 is 0. The quantitative estimate of drug-likeness (QED) is 0.729. The lowest BCUT2D eigenvalue weighted by atomic mass is 9.96. The molecule has 2 aliphatic rings. The number of nitrogens with zero attached hydrogens (tertiary/aromatic N) is 1. The fourth-order valence-corrected chi connectivity index (χ4v) is 4.55. The number of aromatic amines is 1. The first-order chi connectivity index (χ1) is 11.8. The van der Waals surface area contributed by atoms with E-state index in [0.717, 1.165) is 0 Å². The van der Waals surface area contributed by atoms with Crippen LogP contribution in [0.15, 0.2) is 9.32 Å². The Morgan fingerprint density at radius 1 is 1.28 bits per heavy atom. The number of aryl methyl sites for hydroxylation is 1. The van der Waals surface area contributed by atoms with Gasteiger partial charge in [0.2, 0.25) is 5.91 Å². The number of rotatable bonds is 4. The molecule has 138 valence electrons. The third-order valence-electron chi connectivity index (χ3n) is 4.95. The Kier molecular flexibility index (Phi) is 4.72. The number of carbonyl (C=O) groups is 2. The van der Waals surface area contributed by atoms with E-state index in [2.05, 4.69) is 10.5 Å². The van der Waals surface area contributed by atoms with Gasteiger partial charge in [-0.15, -0.1) is 0 Å². The Bertz CT molecular complexity index is 832. The summed E-state index contributed by atoms with van der Waals surface area (Å²) in [6.45, 7) is 2.89. The van der Waals surface area contributed by atoms with Crippen LogP contribution in [0.2, 0.25) is 0 Å². The lowest BCUT2D eigenvalue weighted by Gasteiger charge is -2.36. The van der Waals surface area contributed by atoms with Crippen LogP contribution in [0.1, 0.15) is 35.4 Å². The summed E-state index contributed by atoms with van der Waals surface area (Å²) in [5.41, 5.74) is -0.583. The summed E-state index contributed by atoms with van der Waals surface area (Å²) in [6, 6.07) is 0. The van der Waals surface area contributed by atoms with Crippen LogP contribution < -0.4 is 10.9 Å². The SMILES string of the molecule is Cc1o[nH]c(=O)c1C(=O)NCC1CCN(C(=O)C2CCS2(=O)=O)CC1. The van der Waals surface area contributed by atoms with Gasteiger partial charge in [0.05, 0.1) is 5.75 Å². The van der Waals surface area contributed by atoms with Crippen molar-refractivity contribution in [3.63, 3.8) is 0 Å². The van der Waals surface area contributed by atoms with Crippen molar-refractivity contribution in [1.82, 2.24) is 15.4 Å². The van der Waals surface area contributed by atoms with Gasteiger partial charge in [-0.05, 0) is 32.1 Å². The summed E-state index contributed by atoms with van der Waals surface area (Å²) in [4.78, 5) is 37.4. The van der Waals surface area contributed by atoms with Gasteiger partial charge in [0.1, 0.15) is 16.6 Å². The van der Waals surface area contributed by atoms with Crippen LogP contribution in [0.5, 0.6) is 0 Å². The minimum atomic E-state index is -3.23. The highest BCUT2D eigenvalue weighted by molar-refractivity contribution is 7.94. The number of hydrogen-bond acceptors (Lipinski definition) is 6. The molecule has 0 aliphatic carbocycles. The zero-order chi connectivity index (χ0) is 18.2. The highest BCUT2D eigenvalue weighted by Crippen LogP contribution is 2.25. The summed E-state index contributed by atoms with van der Waals surface area (Å²) in [7, 11) is -3.23. The van der Waals surface area contributed by atoms with E-state index in [1.54, 1.807) is 4.90 Å². The number of hydrogen-bond donors (Lipinski definition) is 2. The van der Waals surface area contributed by atoms with Crippen LogP contribution in [0.4, 0.5) is 0 Å². The Morgan fingerprint density at radius 3 is 2.44 bits per heavy atom. The normalized spacial score (nSPS) is 23.1. The maximum atomic E-state index is 12.2. The van der Waals surface area contributed by atoms with Gasteiger partial charge in [0, 0.05) is 19.6 Å². The minimum absolute atomic E-state index is 0.0252. The molecule has 2 fully saturated rings. The summed E-state index contributed by atoms with van der Waals surface area (Å²) < 4.78 is 28.0. The first kappa shape index (κ1) is 17.7. The molecular weight excluding hydrogens is 350 g/mol. The van der Waals surface area contributed by atoms with E-state index in [1.165, 1.54) is 6.92 Å². The predicted octanol–water partition coefficient (Wildman–Crippen LogP) is -0.568. The zero-order valence-corrected chi connectivity index (χ0v) is 14.7. The van der Waals surface area contributed by atoms with Gasteiger partial charge in [0.15, 0.2) is 9.84 Å². The Labute approximate surface area is 144 Å². The van der Waals surface area contributed by atoms with Crippen molar-refractivity contribution in [3.8, 4) is 0 Å². The van der Waals surface area contributed by atoms with Crippen molar-refractivity contribution >= 4 is 21.7 Å². The van der Waals surface area contributed by atoms with Crippen molar-refractivity contribution in [2.45, 2.75) is 31.4 Å². The van der Waals surface area contributed by atoms with Crippen LogP contribution >= 0.6 is 0 Å². The molecule has 10 heteroatoms. The van der Waals surface area contributed by atoms with Gasteiger partial charge in [-0.25, -0.2) is 8.42 Å². The standard InChI is InChI=1S/C15H21N3O6S/c1-9-12(14(20)17-24-9)13(19)16-8-10-2-5-18(6-3-10)15(21)11-4-7-25(11,22)23/h10-11H,2-8H2,1H3,(H,16,19)(H,17,20). The van der Waals surface area contributed by atoms with Gasteiger partial charge in [0.25, 0.3) is 11.5 Å². The molecular formula is C15H21N3O6S. The lowest BCUT2D eigenvalue weighted by molar-refractivity contribution is -0.132. The molecule has 0 spiro atoms. The number of aromatic nitrogens is 1. The van der Waals surface area contributed by atoms with Crippen molar-refractivity contribution in [2.75, 3.05) is 25.4 Å². The summed E-state index contributed by atoms with van der Waals surface area (Å²) in [5.74, 6) is -0.263. The molecule has 0 radical (unpaired) electrons. The molecule has 1 atom stereocenters. The number of carbonyl (C=O) groups excluding carboxylic acids is 2. The highest BCUT2D eigenvalue weighted by atomic mass is 32.2. The van der Waals surface area contributed by atoms with Gasteiger partial charge in [-0.2, -0.15) is 5.16 Å². The molecule has 0 saturated carbocycles. The molecule has 2 saturated heterocycles. The zero-order valence-electron chi connectivity index (χ0n) is 13.9. The second-order valence-corrected chi connectivity index (χ2v) is 8.89. The number of piperidine rings is 1. The van der Waals surface area contributed by atoms with Crippen LogP contribution in [0, 0.1) is 12.8 Å². The van der Waals surface area contributed by atoms with Gasteiger partial charge < -0.3 is 14.7 Å². The van der Waals surface area contributed by atoms with Gasteiger partial charge in [-0.3, -0.25) is 14.4 Å². The van der Waals surface area contributed by atoms with Crippen LogP contribution in [-0.4, -0.2) is 60.9 Å². The van der Waals surface area contributed by atoms with E-state index in [0.29, 0.717) is 38.9 Å². The second kappa shape index (κ2) is 6.66. The molecule has 1 aromatic heterocycles. The average Bonchev–Trinajstić information content (AvgIpc) is 2.91. The van der Waals surface area contributed by atoms with Crippen molar-refractivity contribution < 1.29 is 22.5 Å². The van der Waals surface area contributed by atoms with Crippen LogP contribution in [0.3, 0.4) is 0 Å². The highest BCUT2D eigenvalue weighted by Gasteiger charge is 2.43. The number of nitrogens with one attached hydrogen (secondary N) is 2. The van der Waals surface area contributed by atoms with Crippen molar-refractivity contribution in [1.29, 1.82) is 0 Å². The average molecular weight is 371 g/mol. The van der Waals surface area contributed by atoms with Crippen LogP contribution in [-0.2, 0) is 14.6 Å². The number of sulfone groups is 1. The number of likely N-dealkylation sites (tertiary alicyclic amines) is 1. The Balaban J connectivity index is 1.48. The minimum Gasteiger partial charge on any atom is -0.383 e. The smallest absolute Gasteiger partial charge is 0.293 e. The first-order valence-corrected chi connectivity index (χ1v) is 9.98. The molecule has 9 nitrogen and oxygen atoms in total. The molecule has 2 N–H and O–H groups in total. The van der Waals surface area contributed by atoms with E-state index in [4.69, 9.17) is 4.52 Å². The molecule has 0 aromatic carbocycles. The maximum absolute atomic E-state index is 12.2. The van der Waals surface area contributed by atoms with E-state index in [9.17, 15) is 22.8 Å².